The lowest BCUT2D eigenvalue weighted by molar-refractivity contribution is 0.473. The molecule has 0 bridgehead atoms. The quantitative estimate of drug-likeness (QED) is 0.671. The van der Waals surface area contributed by atoms with E-state index in [1.165, 1.54) is 4.88 Å². The molecule has 3 rings (SSSR count). The van der Waals surface area contributed by atoms with Crippen LogP contribution in [0.15, 0.2) is 50.7 Å². The Morgan fingerprint density at radius 3 is 2.80 bits per heavy atom. The van der Waals surface area contributed by atoms with Crippen LogP contribution in [0, 0.1) is 0 Å². The molecule has 0 radical (unpaired) electrons. The van der Waals surface area contributed by atoms with Crippen molar-refractivity contribution in [2.24, 2.45) is 0 Å². The second kappa shape index (κ2) is 6.12. The standard InChI is InChI=1S/C16H16BrNOS/c1-2-9-18-16(14-7-8-15(17)20-14)13-10-11-5-3-4-6-12(11)19-13/h3-8,10,16,18H,2,9H2,1H3. The molecule has 0 amide bonds. The highest BCUT2D eigenvalue weighted by Crippen LogP contribution is 2.33. The van der Waals surface area contributed by atoms with Crippen LogP contribution in [-0.2, 0) is 0 Å². The highest BCUT2D eigenvalue weighted by molar-refractivity contribution is 9.11. The summed E-state index contributed by atoms with van der Waals surface area (Å²) >= 11 is 5.28. The van der Waals surface area contributed by atoms with Crippen molar-refractivity contribution in [3.63, 3.8) is 0 Å². The average Bonchev–Trinajstić information content (AvgIpc) is 3.05. The number of hydrogen-bond acceptors (Lipinski definition) is 3. The highest BCUT2D eigenvalue weighted by Gasteiger charge is 2.19. The number of furan rings is 1. The van der Waals surface area contributed by atoms with E-state index in [9.17, 15) is 0 Å². The molecule has 1 atom stereocenters. The number of nitrogens with one attached hydrogen (secondary N) is 1. The average molecular weight is 350 g/mol. The van der Waals surface area contributed by atoms with Gasteiger partial charge in [-0.2, -0.15) is 0 Å². The van der Waals surface area contributed by atoms with Crippen LogP contribution in [0.1, 0.15) is 30.0 Å². The molecular weight excluding hydrogens is 334 g/mol. The van der Waals surface area contributed by atoms with Crippen LogP contribution < -0.4 is 5.32 Å². The zero-order valence-electron chi connectivity index (χ0n) is 11.2. The van der Waals surface area contributed by atoms with Gasteiger partial charge >= 0.3 is 0 Å². The predicted molar refractivity (Wildman–Crippen MR) is 88.4 cm³/mol. The van der Waals surface area contributed by atoms with E-state index in [1.54, 1.807) is 11.3 Å². The zero-order chi connectivity index (χ0) is 13.9. The Balaban J connectivity index is 1.99. The number of benzene rings is 1. The Hall–Kier alpha value is -1.10. The molecular formula is C16H16BrNOS. The van der Waals surface area contributed by atoms with Gasteiger partial charge in [0.15, 0.2) is 0 Å². The SMILES string of the molecule is CCCNC(c1cc2ccccc2o1)c1ccc(Br)s1. The van der Waals surface area contributed by atoms with Gasteiger partial charge in [0.05, 0.1) is 3.79 Å². The van der Waals surface area contributed by atoms with Gasteiger partial charge in [0.1, 0.15) is 17.4 Å². The molecule has 2 aromatic heterocycles. The molecule has 1 aromatic carbocycles. The number of thiophene rings is 1. The second-order valence-electron chi connectivity index (χ2n) is 4.72. The summed E-state index contributed by atoms with van der Waals surface area (Å²) in [6.45, 7) is 3.14. The Morgan fingerprint density at radius 2 is 2.10 bits per heavy atom. The molecule has 0 fully saturated rings. The van der Waals surface area contributed by atoms with Crippen LogP contribution in [0.3, 0.4) is 0 Å². The first-order chi connectivity index (χ1) is 9.78. The lowest BCUT2D eigenvalue weighted by atomic mass is 10.1. The molecule has 0 aliphatic rings. The maximum atomic E-state index is 6.02. The van der Waals surface area contributed by atoms with Crippen LogP contribution in [0.25, 0.3) is 11.0 Å². The fourth-order valence-corrected chi connectivity index (χ4v) is 3.77. The van der Waals surface area contributed by atoms with Gasteiger partial charge in [0.25, 0.3) is 0 Å². The number of hydrogen-bond donors (Lipinski definition) is 1. The zero-order valence-corrected chi connectivity index (χ0v) is 13.6. The summed E-state index contributed by atoms with van der Waals surface area (Å²) in [4.78, 5) is 1.27. The Morgan fingerprint density at radius 1 is 1.25 bits per heavy atom. The van der Waals surface area contributed by atoms with Gasteiger partial charge in [0, 0.05) is 10.3 Å². The van der Waals surface area contributed by atoms with Gasteiger partial charge in [-0.25, -0.2) is 0 Å². The molecule has 3 aromatic rings. The largest absolute Gasteiger partial charge is 0.459 e. The molecule has 104 valence electrons. The number of para-hydroxylation sites is 1. The van der Waals surface area contributed by atoms with Crippen molar-refractivity contribution in [3.8, 4) is 0 Å². The van der Waals surface area contributed by atoms with Crippen molar-refractivity contribution in [1.29, 1.82) is 0 Å². The van der Waals surface area contributed by atoms with Gasteiger partial charge in [0.2, 0.25) is 0 Å². The molecule has 0 spiro atoms. The van der Waals surface area contributed by atoms with E-state index in [-0.39, 0.29) is 6.04 Å². The first-order valence-corrected chi connectivity index (χ1v) is 8.36. The molecule has 4 heteroatoms. The molecule has 20 heavy (non-hydrogen) atoms. The van der Waals surface area contributed by atoms with Crippen LogP contribution >= 0.6 is 27.3 Å². The van der Waals surface area contributed by atoms with Gasteiger partial charge < -0.3 is 9.73 Å². The van der Waals surface area contributed by atoms with Gasteiger partial charge in [-0.15, -0.1) is 11.3 Å². The van der Waals surface area contributed by atoms with E-state index in [2.05, 4.69) is 52.4 Å². The van der Waals surface area contributed by atoms with Gasteiger partial charge in [-0.05, 0) is 53.2 Å². The highest BCUT2D eigenvalue weighted by atomic mass is 79.9. The Bertz CT molecular complexity index is 670. The fourth-order valence-electron chi connectivity index (χ4n) is 2.26. The summed E-state index contributed by atoms with van der Waals surface area (Å²) in [5, 5.41) is 4.73. The third-order valence-electron chi connectivity index (χ3n) is 3.21. The molecule has 1 unspecified atom stereocenters. The summed E-state index contributed by atoms with van der Waals surface area (Å²) < 4.78 is 7.17. The van der Waals surface area contributed by atoms with Crippen LogP contribution in [0.4, 0.5) is 0 Å². The van der Waals surface area contributed by atoms with Crippen LogP contribution in [0.5, 0.6) is 0 Å². The van der Waals surface area contributed by atoms with Gasteiger partial charge in [-0.3, -0.25) is 0 Å². The molecule has 0 saturated heterocycles. The van der Waals surface area contributed by atoms with E-state index in [0.717, 1.165) is 33.5 Å². The van der Waals surface area contributed by atoms with Gasteiger partial charge in [-0.1, -0.05) is 25.1 Å². The first-order valence-electron chi connectivity index (χ1n) is 6.75. The first kappa shape index (κ1) is 13.9. The van der Waals surface area contributed by atoms with Crippen molar-refractivity contribution in [2.75, 3.05) is 6.54 Å². The van der Waals surface area contributed by atoms with Crippen molar-refractivity contribution >= 4 is 38.2 Å². The minimum absolute atomic E-state index is 0.124. The summed E-state index contributed by atoms with van der Waals surface area (Å²) in [5.74, 6) is 0.981. The minimum Gasteiger partial charge on any atom is -0.459 e. The monoisotopic (exact) mass is 349 g/mol. The van der Waals surface area contributed by atoms with Crippen LogP contribution in [0.2, 0.25) is 0 Å². The molecule has 1 N–H and O–H groups in total. The summed E-state index contributed by atoms with van der Waals surface area (Å²) in [6.07, 6.45) is 1.10. The van der Waals surface area contributed by atoms with E-state index in [0.29, 0.717) is 0 Å². The Labute approximate surface area is 130 Å². The third-order valence-corrected chi connectivity index (χ3v) is 4.89. The van der Waals surface area contributed by atoms with E-state index < -0.39 is 0 Å². The van der Waals surface area contributed by atoms with Crippen molar-refractivity contribution in [3.05, 3.63) is 56.9 Å². The molecule has 0 aliphatic heterocycles. The van der Waals surface area contributed by atoms with E-state index in [1.807, 2.05) is 18.2 Å². The number of rotatable bonds is 5. The minimum atomic E-state index is 0.124. The predicted octanol–water partition coefficient (Wildman–Crippen LogP) is 5.35. The van der Waals surface area contributed by atoms with Crippen LogP contribution in [-0.4, -0.2) is 6.54 Å². The van der Waals surface area contributed by atoms with E-state index >= 15 is 0 Å². The normalized spacial score (nSPS) is 12.9. The number of halogens is 1. The maximum Gasteiger partial charge on any atom is 0.134 e. The summed E-state index contributed by atoms with van der Waals surface area (Å²) in [5.41, 5.74) is 0.946. The topological polar surface area (TPSA) is 25.2 Å². The van der Waals surface area contributed by atoms with E-state index in [4.69, 9.17) is 4.42 Å². The lowest BCUT2D eigenvalue weighted by Gasteiger charge is -2.14. The smallest absolute Gasteiger partial charge is 0.134 e. The Kier molecular flexibility index (Phi) is 4.24. The third kappa shape index (κ3) is 2.82. The van der Waals surface area contributed by atoms with Crippen molar-refractivity contribution < 1.29 is 4.42 Å². The summed E-state index contributed by atoms with van der Waals surface area (Å²) in [7, 11) is 0. The number of fused-ring (bicyclic) bond motifs is 1. The molecule has 0 saturated carbocycles. The molecule has 2 nitrogen and oxygen atoms in total. The fraction of sp³-hybridized carbons (Fsp3) is 0.250. The van der Waals surface area contributed by atoms with Crippen molar-refractivity contribution in [1.82, 2.24) is 5.32 Å². The maximum absolute atomic E-state index is 6.02. The molecule has 2 heterocycles. The van der Waals surface area contributed by atoms with Crippen molar-refractivity contribution in [2.45, 2.75) is 19.4 Å². The molecule has 0 aliphatic carbocycles. The summed E-state index contributed by atoms with van der Waals surface area (Å²) in [6, 6.07) is 14.6. The lowest BCUT2D eigenvalue weighted by Crippen LogP contribution is -2.21. The second-order valence-corrected chi connectivity index (χ2v) is 7.21.